The summed E-state index contributed by atoms with van der Waals surface area (Å²) in [6.45, 7) is 0. The molecule has 0 amide bonds. The van der Waals surface area contributed by atoms with E-state index in [4.69, 9.17) is 0 Å². The molecule has 66 valence electrons. The van der Waals surface area contributed by atoms with Gasteiger partial charge in [0.1, 0.15) is 0 Å². The van der Waals surface area contributed by atoms with Crippen LogP contribution < -0.4 is 0 Å². The first-order valence-electron chi connectivity index (χ1n) is 4.09. The van der Waals surface area contributed by atoms with E-state index in [1.54, 1.807) is 0 Å². The molecule has 0 aromatic rings. The number of nitrogens with zero attached hydrogens (tertiary/aromatic N) is 2. The van der Waals surface area contributed by atoms with Crippen LogP contribution in [0.2, 0.25) is 6.04 Å². The molecule has 0 aliphatic heterocycles. The van der Waals surface area contributed by atoms with Crippen molar-refractivity contribution < 1.29 is 0 Å². The highest BCUT2D eigenvalue weighted by atomic mass is 28.1. The van der Waals surface area contributed by atoms with Crippen LogP contribution in [0.25, 0.3) is 0 Å². The van der Waals surface area contributed by atoms with Crippen LogP contribution >= 0.6 is 0 Å². The third kappa shape index (κ3) is 4.34. The molecule has 0 radical (unpaired) electrons. The molecule has 0 N–H and O–H groups in total. The van der Waals surface area contributed by atoms with E-state index in [0.717, 1.165) is 0 Å². The molecule has 0 unspecified atom stereocenters. The van der Waals surface area contributed by atoms with Crippen LogP contribution in [0.1, 0.15) is 0 Å². The average molecular weight is 172 g/mol. The molecule has 0 aliphatic rings. The molecule has 0 fully saturated rings. The van der Waals surface area contributed by atoms with Crippen LogP contribution in [0.4, 0.5) is 0 Å². The van der Waals surface area contributed by atoms with Crippen molar-refractivity contribution in [3.8, 4) is 0 Å². The van der Waals surface area contributed by atoms with Crippen molar-refractivity contribution in [3.05, 3.63) is 12.2 Å². The zero-order valence-electron chi connectivity index (χ0n) is 8.33. The lowest BCUT2D eigenvalue weighted by molar-refractivity contribution is 0.173. The van der Waals surface area contributed by atoms with Gasteiger partial charge in [0.2, 0.25) is 0 Å². The summed E-state index contributed by atoms with van der Waals surface area (Å²) in [6, 6.07) is 1.25. The molecule has 0 heterocycles. The van der Waals surface area contributed by atoms with Gasteiger partial charge in [-0.05, 0) is 34.2 Å². The number of allylic oxidation sites excluding steroid dienone is 1. The van der Waals surface area contributed by atoms with E-state index < -0.39 is 0 Å². The second-order valence-electron chi connectivity index (χ2n) is 3.18. The minimum absolute atomic E-state index is 0.448. The minimum Gasteiger partial charge on any atom is -0.291 e. The Hall–Kier alpha value is -0.123. The molecule has 0 spiro atoms. The van der Waals surface area contributed by atoms with E-state index in [9.17, 15) is 0 Å². The van der Waals surface area contributed by atoms with Gasteiger partial charge in [0.15, 0.2) is 0 Å². The molecular weight excluding hydrogens is 152 g/mol. The van der Waals surface area contributed by atoms with E-state index in [0.29, 0.717) is 6.17 Å². The van der Waals surface area contributed by atoms with Crippen LogP contribution in [0, 0.1) is 0 Å². The minimum atomic E-state index is 0.448. The first kappa shape index (κ1) is 10.9. The highest BCUT2D eigenvalue weighted by Crippen LogP contribution is 1.98. The Kier molecular flexibility index (Phi) is 5.46. The summed E-state index contributed by atoms with van der Waals surface area (Å²) >= 11 is 0. The molecular formula is C8H20N2Si. The van der Waals surface area contributed by atoms with E-state index >= 15 is 0 Å². The Labute approximate surface area is 73.3 Å². The number of likely N-dealkylation sites (N-methyl/N-ethyl adjacent to an activating group) is 2. The predicted molar refractivity (Wildman–Crippen MR) is 55.0 cm³/mol. The summed E-state index contributed by atoms with van der Waals surface area (Å²) in [6.07, 6.45) is 4.97. The fourth-order valence-corrected chi connectivity index (χ4v) is 1.34. The van der Waals surface area contributed by atoms with Crippen LogP contribution in [0.15, 0.2) is 12.2 Å². The van der Waals surface area contributed by atoms with Crippen molar-refractivity contribution in [3.63, 3.8) is 0 Å². The molecule has 0 aromatic heterocycles. The largest absolute Gasteiger partial charge is 0.291 e. The van der Waals surface area contributed by atoms with Crippen molar-refractivity contribution in [2.45, 2.75) is 12.2 Å². The van der Waals surface area contributed by atoms with E-state index in [-0.39, 0.29) is 0 Å². The normalized spacial score (nSPS) is 13.0. The van der Waals surface area contributed by atoms with Gasteiger partial charge < -0.3 is 0 Å². The Morgan fingerprint density at radius 3 is 1.91 bits per heavy atom. The number of hydrogen-bond acceptors (Lipinski definition) is 2. The highest BCUT2D eigenvalue weighted by molar-refractivity contribution is 6.09. The van der Waals surface area contributed by atoms with Crippen LogP contribution in [0.5, 0.6) is 0 Å². The first-order chi connectivity index (χ1) is 5.09. The Morgan fingerprint density at radius 1 is 1.18 bits per heavy atom. The van der Waals surface area contributed by atoms with E-state index in [1.165, 1.54) is 16.3 Å². The molecule has 0 bridgehead atoms. The molecule has 11 heavy (non-hydrogen) atoms. The highest BCUT2D eigenvalue weighted by Gasteiger charge is 2.07. The quantitative estimate of drug-likeness (QED) is 0.328. The molecule has 0 aromatic carbocycles. The summed E-state index contributed by atoms with van der Waals surface area (Å²) in [7, 11) is 9.66. The molecule has 0 saturated heterocycles. The Bertz CT molecular complexity index is 113. The maximum absolute atomic E-state index is 2.26. The van der Waals surface area contributed by atoms with Crippen molar-refractivity contribution in [1.82, 2.24) is 9.80 Å². The Balaban J connectivity index is 4.00. The zero-order valence-corrected chi connectivity index (χ0v) is 10.3. The zero-order chi connectivity index (χ0) is 8.85. The third-order valence-corrected chi connectivity index (χ3v) is 2.07. The predicted octanol–water partition coefficient (Wildman–Crippen LogP) is -0.224. The second kappa shape index (κ2) is 5.52. The van der Waals surface area contributed by atoms with Gasteiger partial charge in [-0.2, -0.15) is 0 Å². The molecule has 0 aliphatic carbocycles. The van der Waals surface area contributed by atoms with Crippen LogP contribution in [-0.2, 0) is 0 Å². The monoisotopic (exact) mass is 172 g/mol. The van der Waals surface area contributed by atoms with Gasteiger partial charge in [0.25, 0.3) is 0 Å². The number of hydrogen-bond donors (Lipinski definition) is 0. The van der Waals surface area contributed by atoms with Crippen molar-refractivity contribution in [2.24, 2.45) is 0 Å². The van der Waals surface area contributed by atoms with Crippen molar-refractivity contribution in [2.75, 3.05) is 28.2 Å². The lowest BCUT2D eigenvalue weighted by Crippen LogP contribution is -2.38. The molecule has 0 saturated carbocycles. The molecule has 0 rings (SSSR count). The summed E-state index contributed by atoms with van der Waals surface area (Å²) in [4.78, 5) is 4.40. The van der Waals surface area contributed by atoms with Gasteiger partial charge in [-0.3, -0.25) is 9.80 Å². The van der Waals surface area contributed by atoms with Crippen molar-refractivity contribution >= 4 is 10.2 Å². The van der Waals surface area contributed by atoms with Gasteiger partial charge in [-0.25, -0.2) is 0 Å². The average Bonchev–Trinajstić information content (AvgIpc) is 1.87. The summed E-state index contributed by atoms with van der Waals surface area (Å²) in [5.74, 6) is 0. The smallest absolute Gasteiger partial charge is 0.0804 e. The molecule has 3 heteroatoms. The first-order valence-corrected chi connectivity index (χ1v) is 5.50. The van der Waals surface area contributed by atoms with Crippen LogP contribution in [0.3, 0.4) is 0 Å². The van der Waals surface area contributed by atoms with Crippen molar-refractivity contribution in [1.29, 1.82) is 0 Å². The van der Waals surface area contributed by atoms with Gasteiger partial charge >= 0.3 is 0 Å². The van der Waals surface area contributed by atoms with Gasteiger partial charge in [-0.1, -0.05) is 12.2 Å². The molecule has 0 atom stereocenters. The van der Waals surface area contributed by atoms with E-state index in [2.05, 4.69) is 50.1 Å². The third-order valence-electron chi connectivity index (χ3n) is 1.60. The fourth-order valence-electron chi connectivity index (χ4n) is 1.06. The second-order valence-corrected chi connectivity index (χ2v) is 3.99. The molecule has 2 nitrogen and oxygen atoms in total. The maximum Gasteiger partial charge on any atom is 0.0804 e. The fraction of sp³-hybridized carbons (Fsp3) is 0.750. The number of rotatable bonds is 4. The summed E-state index contributed by atoms with van der Waals surface area (Å²) in [5.41, 5.74) is 0. The Morgan fingerprint density at radius 2 is 1.64 bits per heavy atom. The summed E-state index contributed by atoms with van der Waals surface area (Å²) < 4.78 is 0. The van der Waals surface area contributed by atoms with E-state index in [1.807, 2.05) is 0 Å². The van der Waals surface area contributed by atoms with Gasteiger partial charge in [0, 0.05) is 10.2 Å². The standard InChI is InChI=1S/C8H20N2Si/c1-9(2)8(10(3)4)6-5-7-11/h5-6,8H,7H2,1-4,11H3. The SMILES string of the molecule is CN(C)C(C=CC[SiH3])N(C)C. The lowest BCUT2D eigenvalue weighted by atomic mass is 10.4. The lowest BCUT2D eigenvalue weighted by Gasteiger charge is -2.27. The topological polar surface area (TPSA) is 6.48 Å². The van der Waals surface area contributed by atoms with Crippen LogP contribution in [-0.4, -0.2) is 54.4 Å². The maximum atomic E-state index is 2.26. The van der Waals surface area contributed by atoms with Gasteiger partial charge in [-0.15, -0.1) is 0 Å². The summed E-state index contributed by atoms with van der Waals surface area (Å²) in [5, 5.41) is 0. The van der Waals surface area contributed by atoms with Gasteiger partial charge in [0.05, 0.1) is 6.17 Å².